The summed E-state index contributed by atoms with van der Waals surface area (Å²) in [5, 5.41) is 5.73. The van der Waals surface area contributed by atoms with Crippen molar-refractivity contribution < 1.29 is 0 Å². The van der Waals surface area contributed by atoms with E-state index in [4.69, 9.17) is 4.99 Å². The summed E-state index contributed by atoms with van der Waals surface area (Å²) >= 11 is 3.62. The van der Waals surface area contributed by atoms with Gasteiger partial charge in [0.1, 0.15) is 0 Å². The summed E-state index contributed by atoms with van der Waals surface area (Å²) in [5.74, 6) is 2.02. The van der Waals surface area contributed by atoms with E-state index in [1.165, 1.54) is 21.8 Å². The molecule has 0 spiro atoms. The highest BCUT2D eigenvalue weighted by Gasteiger charge is 2.11. The van der Waals surface area contributed by atoms with Crippen LogP contribution in [0.3, 0.4) is 0 Å². The summed E-state index contributed by atoms with van der Waals surface area (Å²) < 4.78 is 0. The van der Waals surface area contributed by atoms with Crippen LogP contribution in [-0.2, 0) is 11.5 Å². The Balaban J connectivity index is 1.47. The SMILES string of the molecule is C(/C=C/C1=Nc2ccccc2CS1)=C1\Nc2ccccc2CS1. The molecule has 0 fully saturated rings. The van der Waals surface area contributed by atoms with Gasteiger partial charge >= 0.3 is 0 Å². The maximum absolute atomic E-state index is 4.70. The predicted molar refractivity (Wildman–Crippen MR) is 103 cm³/mol. The van der Waals surface area contributed by atoms with E-state index in [0.29, 0.717) is 0 Å². The van der Waals surface area contributed by atoms with Crippen LogP contribution in [-0.4, -0.2) is 5.04 Å². The Morgan fingerprint density at radius 2 is 1.70 bits per heavy atom. The van der Waals surface area contributed by atoms with Gasteiger partial charge < -0.3 is 5.32 Å². The van der Waals surface area contributed by atoms with Gasteiger partial charge in [0.2, 0.25) is 0 Å². The van der Waals surface area contributed by atoms with E-state index in [-0.39, 0.29) is 0 Å². The van der Waals surface area contributed by atoms with Gasteiger partial charge in [0.05, 0.1) is 15.8 Å². The molecule has 2 aliphatic rings. The Kier molecular flexibility index (Phi) is 4.26. The molecule has 2 aromatic rings. The smallest absolute Gasteiger partial charge is 0.0970 e. The summed E-state index contributed by atoms with van der Waals surface area (Å²) in [7, 11) is 0. The van der Waals surface area contributed by atoms with E-state index in [2.05, 4.69) is 66.0 Å². The molecule has 0 unspecified atom stereocenters. The first kappa shape index (κ1) is 14.7. The van der Waals surface area contributed by atoms with Crippen molar-refractivity contribution in [2.45, 2.75) is 11.5 Å². The number of aliphatic imine (C=N–C) groups is 1. The molecular weight excluding hydrogens is 320 g/mol. The third-order valence-corrected chi connectivity index (χ3v) is 5.73. The third kappa shape index (κ3) is 3.38. The lowest BCUT2D eigenvalue weighted by atomic mass is 10.2. The van der Waals surface area contributed by atoms with E-state index in [1.54, 1.807) is 11.8 Å². The number of allylic oxidation sites excluding steroid dienone is 2. The molecule has 0 saturated carbocycles. The zero-order valence-corrected chi connectivity index (χ0v) is 14.2. The fraction of sp³-hybridized carbons (Fsp3) is 0.105. The standard InChI is InChI=1S/C19H16N2S2/c1-3-8-16-14(6-1)12-22-18(20-16)10-5-11-19-21-17-9-4-2-7-15(17)13-23-19/h1-11,20H,12-13H2/b11-5+,18-10-. The van der Waals surface area contributed by atoms with Crippen LogP contribution < -0.4 is 5.32 Å². The molecule has 2 heterocycles. The molecule has 0 atom stereocenters. The average molecular weight is 336 g/mol. The minimum atomic E-state index is 0.996. The van der Waals surface area contributed by atoms with Crippen LogP contribution in [0.1, 0.15) is 11.1 Å². The number of nitrogens with one attached hydrogen (secondary N) is 1. The van der Waals surface area contributed by atoms with Crippen molar-refractivity contribution in [3.63, 3.8) is 0 Å². The molecule has 114 valence electrons. The lowest BCUT2D eigenvalue weighted by Crippen LogP contribution is -2.04. The summed E-state index contributed by atoms with van der Waals surface area (Å²) in [5.41, 5.74) is 4.98. The Hall–Kier alpha value is -1.91. The second kappa shape index (κ2) is 6.69. The molecule has 2 aliphatic heterocycles. The lowest BCUT2D eigenvalue weighted by molar-refractivity contribution is 1.35. The minimum Gasteiger partial charge on any atom is -0.350 e. The summed E-state index contributed by atoms with van der Waals surface area (Å²) in [4.78, 5) is 4.70. The van der Waals surface area contributed by atoms with E-state index in [0.717, 1.165) is 22.2 Å². The topological polar surface area (TPSA) is 24.4 Å². The molecule has 1 N–H and O–H groups in total. The molecular formula is C19H16N2S2. The van der Waals surface area contributed by atoms with Crippen molar-refractivity contribution >= 4 is 39.9 Å². The maximum atomic E-state index is 4.70. The quantitative estimate of drug-likeness (QED) is 0.759. The van der Waals surface area contributed by atoms with Crippen LogP contribution >= 0.6 is 23.5 Å². The van der Waals surface area contributed by atoms with E-state index in [9.17, 15) is 0 Å². The van der Waals surface area contributed by atoms with Gasteiger partial charge in [0.25, 0.3) is 0 Å². The largest absolute Gasteiger partial charge is 0.350 e. The van der Waals surface area contributed by atoms with Crippen molar-refractivity contribution in [3.05, 3.63) is 82.9 Å². The number of anilines is 1. The first-order chi connectivity index (χ1) is 11.4. The Morgan fingerprint density at radius 3 is 2.65 bits per heavy atom. The van der Waals surface area contributed by atoms with Crippen LogP contribution in [0.5, 0.6) is 0 Å². The van der Waals surface area contributed by atoms with Crippen LogP contribution in [0.25, 0.3) is 0 Å². The first-order valence-corrected chi connectivity index (χ1v) is 9.51. The molecule has 0 saturated heterocycles. The van der Waals surface area contributed by atoms with Crippen LogP contribution in [0.15, 0.2) is 76.8 Å². The lowest BCUT2D eigenvalue weighted by Gasteiger charge is -2.19. The third-order valence-electron chi connectivity index (χ3n) is 3.74. The van der Waals surface area contributed by atoms with E-state index >= 15 is 0 Å². The second-order valence-corrected chi connectivity index (χ2v) is 7.34. The molecule has 0 amide bonds. The van der Waals surface area contributed by atoms with Crippen molar-refractivity contribution in [3.8, 4) is 0 Å². The van der Waals surface area contributed by atoms with E-state index in [1.807, 2.05) is 17.8 Å². The van der Waals surface area contributed by atoms with Gasteiger partial charge in [-0.05, 0) is 35.4 Å². The van der Waals surface area contributed by atoms with Crippen molar-refractivity contribution in [1.82, 2.24) is 0 Å². The molecule has 0 aromatic heterocycles. The van der Waals surface area contributed by atoms with E-state index < -0.39 is 0 Å². The fourth-order valence-electron chi connectivity index (χ4n) is 2.53. The molecule has 0 aliphatic carbocycles. The van der Waals surface area contributed by atoms with Crippen LogP contribution in [0.2, 0.25) is 0 Å². The van der Waals surface area contributed by atoms with Gasteiger partial charge in [0.15, 0.2) is 0 Å². The summed E-state index contributed by atoms with van der Waals surface area (Å²) in [6, 6.07) is 16.8. The van der Waals surface area contributed by atoms with Gasteiger partial charge in [-0.25, -0.2) is 4.99 Å². The highest BCUT2D eigenvalue weighted by Crippen LogP contribution is 2.33. The zero-order chi connectivity index (χ0) is 15.5. The molecule has 4 rings (SSSR count). The number of benzene rings is 2. The second-order valence-electron chi connectivity index (χ2n) is 5.33. The average Bonchev–Trinajstić information content (AvgIpc) is 2.61. The van der Waals surface area contributed by atoms with Gasteiger partial charge in [-0.15, -0.1) is 23.5 Å². The van der Waals surface area contributed by atoms with Gasteiger partial charge in [-0.2, -0.15) is 0 Å². The number of hydrogen-bond donors (Lipinski definition) is 1. The first-order valence-electron chi connectivity index (χ1n) is 7.54. The minimum absolute atomic E-state index is 0.996. The van der Waals surface area contributed by atoms with Crippen molar-refractivity contribution in [2.75, 3.05) is 5.32 Å². The van der Waals surface area contributed by atoms with Gasteiger partial charge in [-0.3, -0.25) is 0 Å². The number of hydrogen-bond acceptors (Lipinski definition) is 4. The van der Waals surface area contributed by atoms with Crippen molar-refractivity contribution in [1.29, 1.82) is 0 Å². The molecule has 0 radical (unpaired) electrons. The highest BCUT2D eigenvalue weighted by atomic mass is 32.2. The molecule has 23 heavy (non-hydrogen) atoms. The van der Waals surface area contributed by atoms with Crippen molar-refractivity contribution in [2.24, 2.45) is 4.99 Å². The Bertz CT molecular complexity index is 822. The fourth-order valence-corrected chi connectivity index (χ4v) is 4.33. The molecule has 2 aromatic carbocycles. The molecule has 2 nitrogen and oxygen atoms in total. The molecule has 4 heteroatoms. The van der Waals surface area contributed by atoms with Crippen LogP contribution in [0.4, 0.5) is 11.4 Å². The number of fused-ring (bicyclic) bond motifs is 2. The number of thioether (sulfide) groups is 2. The van der Waals surface area contributed by atoms with Crippen LogP contribution in [0, 0.1) is 0 Å². The number of nitrogens with zero attached hydrogens (tertiary/aromatic N) is 1. The Labute approximate surface area is 144 Å². The summed E-state index contributed by atoms with van der Waals surface area (Å²) in [6.07, 6.45) is 6.31. The normalized spacial score (nSPS) is 18.3. The maximum Gasteiger partial charge on any atom is 0.0970 e. The predicted octanol–water partition coefficient (Wildman–Crippen LogP) is 5.72. The van der Waals surface area contributed by atoms with Gasteiger partial charge in [0, 0.05) is 17.2 Å². The highest BCUT2D eigenvalue weighted by molar-refractivity contribution is 8.13. The van der Waals surface area contributed by atoms with Gasteiger partial charge in [-0.1, -0.05) is 42.5 Å². The molecule has 0 bridgehead atoms. The number of rotatable bonds is 2. The zero-order valence-electron chi connectivity index (χ0n) is 12.5. The number of para-hydroxylation sites is 2. The monoisotopic (exact) mass is 336 g/mol. The Morgan fingerprint density at radius 1 is 0.913 bits per heavy atom. The summed E-state index contributed by atoms with van der Waals surface area (Å²) in [6.45, 7) is 0.